The van der Waals surface area contributed by atoms with Gasteiger partial charge in [-0.2, -0.15) is 0 Å². The van der Waals surface area contributed by atoms with E-state index in [1.54, 1.807) is 43.6 Å². The standard InChI is InChI=1S/C25H25N5O6S/c1-29(12-19(31)16-7-8-26-17-4-6-22(35-2)28-24(16)17)23(33)10-15-11-30(25(34)36-15)14-3-5-20-18(9-14)27-21(32)13-37-20/h3-9,15,19,31H,10-13H2,1-2H3,(H,27,32)/t15-,19+/m1/s1. The average molecular weight is 524 g/mol. The van der Waals surface area contributed by atoms with Gasteiger partial charge < -0.3 is 24.8 Å². The molecule has 2 aliphatic rings. The van der Waals surface area contributed by atoms with Crippen molar-refractivity contribution in [3.8, 4) is 5.88 Å². The van der Waals surface area contributed by atoms with Crippen molar-refractivity contribution in [2.75, 3.05) is 43.2 Å². The highest BCUT2D eigenvalue weighted by Crippen LogP contribution is 2.35. The zero-order chi connectivity index (χ0) is 26.1. The van der Waals surface area contributed by atoms with Crippen molar-refractivity contribution in [2.24, 2.45) is 0 Å². The van der Waals surface area contributed by atoms with E-state index < -0.39 is 18.3 Å². The van der Waals surface area contributed by atoms with Crippen LogP contribution in [0.15, 0.2) is 47.5 Å². The summed E-state index contributed by atoms with van der Waals surface area (Å²) in [6, 6.07) is 10.5. The number of carbonyl (C=O) groups excluding carboxylic acids is 3. The predicted molar refractivity (Wildman–Crippen MR) is 137 cm³/mol. The molecule has 1 fully saturated rings. The number of aromatic nitrogens is 2. The summed E-state index contributed by atoms with van der Waals surface area (Å²) in [5.41, 5.74) is 2.85. The molecule has 4 heterocycles. The van der Waals surface area contributed by atoms with Crippen molar-refractivity contribution in [1.82, 2.24) is 14.9 Å². The number of thioether (sulfide) groups is 1. The molecule has 12 heteroatoms. The number of hydrogen-bond acceptors (Lipinski definition) is 9. The van der Waals surface area contributed by atoms with Gasteiger partial charge in [0.2, 0.25) is 17.7 Å². The van der Waals surface area contributed by atoms with Crippen LogP contribution in [-0.2, 0) is 14.3 Å². The minimum atomic E-state index is -1.01. The Balaban J connectivity index is 1.22. The van der Waals surface area contributed by atoms with Gasteiger partial charge in [-0.1, -0.05) is 0 Å². The van der Waals surface area contributed by atoms with Gasteiger partial charge in [0, 0.05) is 35.5 Å². The fourth-order valence-electron chi connectivity index (χ4n) is 4.30. The zero-order valence-electron chi connectivity index (χ0n) is 20.2. The van der Waals surface area contributed by atoms with Crippen LogP contribution in [-0.4, -0.2) is 77.0 Å². The Morgan fingerprint density at radius 2 is 2.16 bits per heavy atom. The lowest BCUT2D eigenvalue weighted by Gasteiger charge is -2.23. The average Bonchev–Trinajstić information content (AvgIpc) is 3.26. The van der Waals surface area contributed by atoms with E-state index in [0.717, 1.165) is 4.90 Å². The van der Waals surface area contributed by atoms with E-state index in [-0.39, 0.29) is 31.3 Å². The first-order valence-electron chi connectivity index (χ1n) is 11.6. The number of aliphatic hydroxyl groups is 1. The van der Waals surface area contributed by atoms with Crippen LogP contribution in [0, 0.1) is 0 Å². The Morgan fingerprint density at radius 1 is 1.32 bits per heavy atom. The third-order valence-corrected chi connectivity index (χ3v) is 7.29. The number of hydrogen-bond donors (Lipinski definition) is 2. The maximum atomic E-state index is 12.9. The molecule has 2 N–H and O–H groups in total. The van der Waals surface area contributed by atoms with E-state index in [4.69, 9.17) is 9.47 Å². The van der Waals surface area contributed by atoms with E-state index in [9.17, 15) is 19.5 Å². The highest BCUT2D eigenvalue weighted by atomic mass is 32.2. The van der Waals surface area contributed by atoms with Crippen LogP contribution < -0.4 is 15.0 Å². The van der Waals surface area contributed by atoms with E-state index in [1.165, 1.54) is 28.7 Å². The van der Waals surface area contributed by atoms with E-state index in [1.807, 2.05) is 6.07 Å². The van der Waals surface area contributed by atoms with Gasteiger partial charge in [0.05, 0.1) is 55.2 Å². The number of ether oxygens (including phenoxy) is 2. The first-order chi connectivity index (χ1) is 17.8. The first-order valence-corrected chi connectivity index (χ1v) is 12.6. The van der Waals surface area contributed by atoms with Crippen LogP contribution >= 0.6 is 11.8 Å². The Labute approximate surface area is 216 Å². The van der Waals surface area contributed by atoms with Crippen LogP contribution in [0.25, 0.3) is 11.0 Å². The zero-order valence-corrected chi connectivity index (χ0v) is 21.0. The normalized spacial score (nSPS) is 17.7. The summed E-state index contributed by atoms with van der Waals surface area (Å²) >= 11 is 1.44. The smallest absolute Gasteiger partial charge is 0.414 e. The summed E-state index contributed by atoms with van der Waals surface area (Å²) in [6.07, 6.45) is -0.670. The van der Waals surface area contributed by atoms with E-state index in [0.29, 0.717) is 39.6 Å². The Morgan fingerprint density at radius 3 is 2.97 bits per heavy atom. The molecule has 2 atom stereocenters. The fraction of sp³-hybridized carbons (Fsp3) is 0.320. The molecule has 0 saturated carbocycles. The number of nitrogens with zero attached hydrogens (tertiary/aromatic N) is 4. The number of cyclic esters (lactones) is 1. The van der Waals surface area contributed by atoms with Gasteiger partial charge in [0.25, 0.3) is 0 Å². The third-order valence-electron chi connectivity index (χ3n) is 6.21. The van der Waals surface area contributed by atoms with Gasteiger partial charge in [-0.05, 0) is 30.3 Å². The van der Waals surface area contributed by atoms with Gasteiger partial charge in [0.1, 0.15) is 6.10 Å². The molecule has 2 aromatic heterocycles. The molecule has 3 aromatic rings. The van der Waals surface area contributed by atoms with Crippen molar-refractivity contribution in [3.63, 3.8) is 0 Å². The molecule has 0 spiro atoms. The van der Waals surface area contributed by atoms with Crippen molar-refractivity contribution >= 4 is 52.1 Å². The highest BCUT2D eigenvalue weighted by Gasteiger charge is 2.35. The largest absolute Gasteiger partial charge is 0.481 e. The fourth-order valence-corrected chi connectivity index (χ4v) is 5.09. The Hall–Kier alpha value is -3.90. The molecule has 0 aliphatic carbocycles. The number of anilines is 2. The molecule has 0 radical (unpaired) electrons. The summed E-state index contributed by atoms with van der Waals surface area (Å²) in [5, 5.41) is 13.7. The van der Waals surface area contributed by atoms with Crippen molar-refractivity contribution in [1.29, 1.82) is 0 Å². The second kappa shape index (κ2) is 10.2. The molecule has 192 valence electrons. The molecule has 1 saturated heterocycles. The molecule has 5 rings (SSSR count). The third kappa shape index (κ3) is 5.16. The second-order valence-electron chi connectivity index (χ2n) is 8.75. The lowest BCUT2D eigenvalue weighted by atomic mass is 10.1. The maximum absolute atomic E-state index is 12.9. The summed E-state index contributed by atoms with van der Waals surface area (Å²) < 4.78 is 10.6. The van der Waals surface area contributed by atoms with E-state index in [2.05, 4.69) is 15.3 Å². The number of nitrogens with one attached hydrogen (secondary N) is 1. The van der Waals surface area contributed by atoms with Crippen LogP contribution in [0.3, 0.4) is 0 Å². The molecule has 11 nitrogen and oxygen atoms in total. The summed E-state index contributed by atoms with van der Waals surface area (Å²) in [4.78, 5) is 49.6. The topological polar surface area (TPSA) is 134 Å². The minimum absolute atomic E-state index is 0.0173. The summed E-state index contributed by atoms with van der Waals surface area (Å²) in [7, 11) is 3.09. The number of likely N-dealkylation sites (N-methyl/N-ethyl adjacent to an activating group) is 1. The van der Waals surface area contributed by atoms with Gasteiger partial charge in [-0.25, -0.2) is 9.78 Å². The van der Waals surface area contributed by atoms with Gasteiger partial charge in [-0.15, -0.1) is 11.8 Å². The van der Waals surface area contributed by atoms with Crippen LogP contribution in [0.5, 0.6) is 5.88 Å². The number of rotatable bonds is 7. The number of aliphatic hydroxyl groups excluding tert-OH is 1. The van der Waals surface area contributed by atoms with Crippen LogP contribution in [0.2, 0.25) is 0 Å². The number of benzene rings is 1. The monoisotopic (exact) mass is 523 g/mol. The predicted octanol–water partition coefficient (Wildman–Crippen LogP) is 2.59. The molecule has 37 heavy (non-hydrogen) atoms. The number of fused-ring (bicyclic) bond motifs is 2. The van der Waals surface area contributed by atoms with E-state index >= 15 is 0 Å². The van der Waals surface area contributed by atoms with Crippen molar-refractivity contribution < 1.29 is 29.0 Å². The number of carbonyl (C=O) groups is 3. The number of methoxy groups -OCH3 is 1. The first kappa shape index (κ1) is 24.8. The Kier molecular flexibility index (Phi) is 6.85. The maximum Gasteiger partial charge on any atom is 0.414 e. The lowest BCUT2D eigenvalue weighted by molar-refractivity contribution is -0.132. The molecule has 0 bridgehead atoms. The summed E-state index contributed by atoms with van der Waals surface area (Å²) in [6.45, 7) is 0.211. The number of amides is 3. The molecule has 0 unspecified atom stereocenters. The lowest BCUT2D eigenvalue weighted by Crippen LogP contribution is -2.34. The SMILES string of the molecule is COc1ccc2nccc([C@@H](O)CN(C)C(=O)C[C@@H]3CN(c4ccc5c(c4)NC(=O)CS5)C(=O)O3)c2n1. The molecular formula is C25H25N5O6S. The molecule has 3 amide bonds. The summed E-state index contributed by atoms with van der Waals surface area (Å²) in [5.74, 6) is 0.372. The molecule has 2 aliphatic heterocycles. The molecule has 1 aromatic carbocycles. The quantitative estimate of drug-likeness (QED) is 0.479. The van der Waals surface area contributed by atoms with Gasteiger partial charge in [0.15, 0.2) is 0 Å². The Bertz CT molecular complexity index is 1380. The van der Waals surface area contributed by atoms with Gasteiger partial charge in [-0.3, -0.25) is 19.5 Å². The minimum Gasteiger partial charge on any atom is -0.481 e. The highest BCUT2D eigenvalue weighted by molar-refractivity contribution is 8.00. The van der Waals surface area contributed by atoms with Crippen LogP contribution in [0.4, 0.5) is 16.2 Å². The van der Waals surface area contributed by atoms with Crippen molar-refractivity contribution in [2.45, 2.75) is 23.5 Å². The van der Waals surface area contributed by atoms with Gasteiger partial charge >= 0.3 is 6.09 Å². The number of pyridine rings is 2. The molecular weight excluding hydrogens is 498 g/mol. The second-order valence-corrected chi connectivity index (χ2v) is 9.77. The van der Waals surface area contributed by atoms with Crippen molar-refractivity contribution in [3.05, 3.63) is 48.2 Å². The van der Waals surface area contributed by atoms with Crippen LogP contribution in [0.1, 0.15) is 18.1 Å².